The summed E-state index contributed by atoms with van der Waals surface area (Å²) < 4.78 is 86.5. The van der Waals surface area contributed by atoms with Gasteiger partial charge in [-0.05, 0) is 44.9 Å². The minimum Gasteiger partial charge on any atom is -0.213 e. The molecule has 0 fully saturated rings. The van der Waals surface area contributed by atoms with E-state index < -0.39 is 39.9 Å². The van der Waals surface area contributed by atoms with Gasteiger partial charge in [-0.2, -0.15) is 15.8 Å². The summed E-state index contributed by atoms with van der Waals surface area (Å²) in [5, 5.41) is 26.1. The number of rotatable bonds is 27. The molecule has 0 rings (SSSR count). The first-order valence-corrected chi connectivity index (χ1v) is 19.0. The monoisotopic (exact) mass is 636 g/mol. The molecule has 0 saturated heterocycles. The van der Waals surface area contributed by atoms with Crippen LogP contribution in [0, 0.1) is 34.0 Å². The van der Waals surface area contributed by atoms with Crippen molar-refractivity contribution in [3.05, 3.63) is 0 Å². The van der Waals surface area contributed by atoms with Crippen molar-refractivity contribution in [1.82, 2.24) is 14.2 Å². The van der Waals surface area contributed by atoms with E-state index in [9.17, 15) is 25.3 Å². The van der Waals surface area contributed by atoms with Gasteiger partial charge in [0, 0.05) is 45.3 Å². The van der Waals surface area contributed by atoms with Crippen molar-refractivity contribution in [2.45, 2.75) is 126 Å². The van der Waals surface area contributed by atoms with Crippen molar-refractivity contribution in [2.24, 2.45) is 0 Å². The van der Waals surface area contributed by atoms with Gasteiger partial charge >= 0.3 is 3.41 Å². The molecule has 0 bridgehead atoms. The Hall–Kier alpha value is -1.80. The number of unbranched alkanes of at least 4 members (excludes halogenated alkanes) is 13. The van der Waals surface area contributed by atoms with Crippen molar-refractivity contribution in [2.75, 3.05) is 19.6 Å². The fraction of sp³-hybridized carbons (Fsp3) is 0.885. The molecule has 0 aliphatic rings. The maximum Gasteiger partial charge on any atom is 0.313 e. The van der Waals surface area contributed by atoms with Gasteiger partial charge in [-0.1, -0.05) is 51.9 Å². The van der Waals surface area contributed by atoms with Crippen molar-refractivity contribution >= 4 is 30.1 Å². The van der Waals surface area contributed by atoms with Crippen LogP contribution in [0.1, 0.15) is 122 Å². The fourth-order valence-corrected chi connectivity index (χ4v) is 11.9. The van der Waals surface area contributed by atoms with Gasteiger partial charge in [0.15, 0.2) is 0 Å². The predicted octanol–water partition coefficient (Wildman–Crippen LogP) is 4.01. The number of hydrogen-bond donors (Lipinski definition) is 3. The van der Waals surface area contributed by atoms with Gasteiger partial charge in [0.1, 0.15) is 0 Å². The summed E-state index contributed by atoms with van der Waals surface area (Å²) in [7, 11) is -15.0. The van der Waals surface area contributed by atoms with Gasteiger partial charge in [0.2, 0.25) is 30.1 Å². The molecule has 15 heteroatoms. The number of hydrogen-bond acceptors (Lipinski definition) is 9. The summed E-state index contributed by atoms with van der Waals surface area (Å²) in [4.78, 5) is 0. The lowest BCUT2D eigenvalue weighted by Gasteiger charge is -2.32. The Morgan fingerprint density at radius 3 is 1.12 bits per heavy atom. The highest BCUT2D eigenvalue weighted by molar-refractivity contribution is 8.24. The van der Waals surface area contributed by atoms with Crippen molar-refractivity contribution in [1.29, 1.82) is 15.8 Å². The molecule has 12 nitrogen and oxygen atoms in total. The van der Waals surface area contributed by atoms with Crippen molar-refractivity contribution < 1.29 is 25.3 Å². The fourth-order valence-electron chi connectivity index (χ4n) is 4.25. The van der Waals surface area contributed by atoms with Crippen LogP contribution in [-0.2, 0) is 30.1 Å². The summed E-state index contributed by atoms with van der Waals surface area (Å²) in [6.45, 7) is 1.49. The molecular weight excluding hydrogens is 589 g/mol. The first-order chi connectivity index (χ1) is 19.5. The molecule has 0 aromatic carbocycles. The van der Waals surface area contributed by atoms with Crippen LogP contribution >= 0.6 is 0 Å². The van der Waals surface area contributed by atoms with E-state index in [1.807, 2.05) is 25.1 Å². The highest BCUT2D eigenvalue weighted by Crippen LogP contribution is 2.36. The molecule has 0 aliphatic carbocycles. The number of nitrogens with one attached hydrogen (secondary N) is 3. The summed E-state index contributed by atoms with van der Waals surface area (Å²) in [6.07, 6.45) is 7.34. The van der Waals surface area contributed by atoms with E-state index in [-0.39, 0.29) is 26.1 Å². The maximum atomic E-state index is 13.8. The predicted molar refractivity (Wildman–Crippen MR) is 159 cm³/mol. The second-order valence-corrected chi connectivity index (χ2v) is 16.7. The lowest BCUT2D eigenvalue weighted by molar-refractivity contribution is 0.506. The third-order valence-corrected chi connectivity index (χ3v) is 15.4. The van der Waals surface area contributed by atoms with Crippen LogP contribution in [0.2, 0.25) is 0 Å². The minimum absolute atomic E-state index is 0.0647. The van der Waals surface area contributed by atoms with Gasteiger partial charge in [-0.3, -0.25) is 0 Å². The average Bonchev–Trinajstić information content (AvgIpc) is 2.91. The van der Waals surface area contributed by atoms with Crippen LogP contribution in [-0.4, -0.2) is 48.3 Å². The average molecular weight is 637 g/mol. The highest BCUT2D eigenvalue weighted by atomic mass is 32.3. The molecule has 0 spiro atoms. The maximum absolute atomic E-state index is 13.8. The number of sulfonamides is 3. The van der Waals surface area contributed by atoms with E-state index in [4.69, 9.17) is 15.8 Å². The van der Waals surface area contributed by atoms with Crippen LogP contribution < -0.4 is 14.2 Å². The third-order valence-electron chi connectivity index (χ3n) is 6.59. The Labute approximate surface area is 248 Å². The van der Waals surface area contributed by atoms with Crippen LogP contribution in [0.5, 0.6) is 0 Å². The Bertz CT molecular complexity index is 1030. The topological polar surface area (TPSA) is 210 Å². The second kappa shape index (κ2) is 21.8. The zero-order chi connectivity index (χ0) is 31.1. The van der Waals surface area contributed by atoms with Crippen molar-refractivity contribution in [3.8, 4) is 18.2 Å². The molecule has 0 aromatic rings. The number of nitriles is 3. The Kier molecular flexibility index (Phi) is 20.9. The van der Waals surface area contributed by atoms with E-state index >= 15 is 0 Å². The van der Waals surface area contributed by atoms with Gasteiger partial charge in [0.25, 0.3) is 0 Å². The van der Waals surface area contributed by atoms with E-state index in [2.05, 4.69) is 14.2 Å². The largest absolute Gasteiger partial charge is 0.313 e. The van der Waals surface area contributed by atoms with Gasteiger partial charge in [-0.25, -0.2) is 39.4 Å². The quantitative estimate of drug-likeness (QED) is 0.111. The zero-order valence-electron chi connectivity index (χ0n) is 24.4. The van der Waals surface area contributed by atoms with E-state index in [0.29, 0.717) is 89.9 Å². The van der Waals surface area contributed by atoms with Crippen LogP contribution in [0.4, 0.5) is 0 Å². The SMILES string of the molecule is CCCCCCCC(S(=O)(=O)NCCCCCC#N)(S(=O)(=O)NCCCCCC#N)S(=O)(=O)NCCCCCC#N. The molecule has 236 valence electrons. The van der Waals surface area contributed by atoms with Crippen molar-refractivity contribution in [3.63, 3.8) is 0 Å². The Morgan fingerprint density at radius 1 is 0.488 bits per heavy atom. The first-order valence-electron chi connectivity index (χ1n) is 14.6. The molecule has 0 unspecified atom stereocenters. The molecule has 0 amide bonds. The molecule has 41 heavy (non-hydrogen) atoms. The van der Waals surface area contributed by atoms with Gasteiger partial charge in [0.05, 0.1) is 18.2 Å². The third kappa shape index (κ3) is 13.8. The smallest absolute Gasteiger partial charge is 0.213 e. The summed E-state index contributed by atoms with van der Waals surface area (Å²) in [6, 6.07) is 6.01. The Morgan fingerprint density at radius 2 is 0.805 bits per heavy atom. The highest BCUT2D eigenvalue weighted by Gasteiger charge is 2.64. The summed E-state index contributed by atoms with van der Waals surface area (Å²) in [5.74, 6) is 0. The van der Waals surface area contributed by atoms with E-state index in [1.54, 1.807) is 0 Å². The summed E-state index contributed by atoms with van der Waals surface area (Å²) >= 11 is 0. The molecule has 0 atom stereocenters. The molecule has 0 saturated carbocycles. The Balaban J connectivity index is 6.29. The molecular formula is C26H48N6O6S3. The van der Waals surface area contributed by atoms with E-state index in [1.165, 1.54) is 0 Å². The number of nitrogens with zero attached hydrogens (tertiary/aromatic N) is 3. The summed E-state index contributed by atoms with van der Waals surface area (Å²) in [5.41, 5.74) is 0. The molecule has 0 aliphatic heterocycles. The lowest BCUT2D eigenvalue weighted by atomic mass is 10.1. The van der Waals surface area contributed by atoms with Crippen LogP contribution in [0.15, 0.2) is 0 Å². The standard InChI is InChI=1S/C26H48N6O6S3/c1-2-3-4-5-12-19-26(39(33,34)30-23-16-9-6-13-20-27,40(35,36)31-24-17-10-7-14-21-28)41(37,38)32-25-18-11-8-15-22-29/h30-32H,2-19,23-25H2,1H3. The minimum atomic E-state index is -4.99. The molecule has 3 N–H and O–H groups in total. The van der Waals surface area contributed by atoms with Crippen LogP contribution in [0.3, 0.4) is 0 Å². The molecule has 0 radical (unpaired) electrons. The van der Waals surface area contributed by atoms with Gasteiger partial charge < -0.3 is 0 Å². The zero-order valence-corrected chi connectivity index (χ0v) is 26.8. The lowest BCUT2D eigenvalue weighted by Crippen LogP contribution is -2.63. The van der Waals surface area contributed by atoms with E-state index in [0.717, 1.165) is 12.8 Å². The first kappa shape index (κ1) is 39.2. The van der Waals surface area contributed by atoms with Crippen LogP contribution in [0.25, 0.3) is 0 Å². The van der Waals surface area contributed by atoms with Gasteiger partial charge in [-0.15, -0.1) is 0 Å². The molecule has 0 heterocycles. The second-order valence-electron chi connectivity index (χ2n) is 9.95. The normalized spacial score (nSPS) is 12.4. The molecule has 0 aromatic heterocycles.